The first kappa shape index (κ1) is 28.0. The van der Waals surface area contributed by atoms with E-state index in [0.29, 0.717) is 49.2 Å². The normalized spacial score (nSPS) is 19.8. The number of anilines is 1. The number of thiophene rings is 1. The summed E-state index contributed by atoms with van der Waals surface area (Å²) in [7, 11) is 2.10. The summed E-state index contributed by atoms with van der Waals surface area (Å²) in [5.74, 6) is 0.383. The van der Waals surface area contributed by atoms with Gasteiger partial charge in [0.15, 0.2) is 5.82 Å². The molecule has 0 saturated carbocycles. The largest absolute Gasteiger partial charge is 0.462 e. The third kappa shape index (κ3) is 5.54. The number of ether oxygens (including phenoxy) is 1. The molecule has 1 unspecified atom stereocenters. The van der Waals surface area contributed by atoms with Gasteiger partial charge >= 0.3 is 6.01 Å². The molecule has 0 radical (unpaired) electrons. The number of likely N-dealkylation sites (tertiary alicyclic amines) is 1. The Balaban J connectivity index is 1.56. The van der Waals surface area contributed by atoms with E-state index >= 15 is 4.39 Å². The molecule has 0 N–H and O–H groups in total. The number of halogens is 1. The summed E-state index contributed by atoms with van der Waals surface area (Å²) in [5, 5.41) is 9.47. The molecule has 2 aliphatic rings. The number of rotatable bonds is 8. The van der Waals surface area contributed by atoms with E-state index < -0.39 is 0 Å². The molecule has 0 bridgehead atoms. The highest BCUT2D eigenvalue weighted by atomic mass is 32.1. The van der Waals surface area contributed by atoms with Crippen LogP contribution in [0.2, 0.25) is 0 Å². The topological polar surface area (TPSA) is 85.6 Å². The van der Waals surface area contributed by atoms with Crippen LogP contribution in [-0.4, -0.2) is 77.6 Å². The van der Waals surface area contributed by atoms with E-state index in [1.54, 1.807) is 11.0 Å². The summed E-state index contributed by atoms with van der Waals surface area (Å²) in [4.78, 5) is 29.0. The Morgan fingerprint density at radius 1 is 1.30 bits per heavy atom. The highest BCUT2D eigenvalue weighted by molar-refractivity contribution is 7.22. The zero-order valence-corrected chi connectivity index (χ0v) is 24.1. The molecule has 0 spiro atoms. The van der Waals surface area contributed by atoms with Gasteiger partial charge in [0, 0.05) is 36.1 Å². The van der Waals surface area contributed by atoms with E-state index in [-0.39, 0.29) is 36.1 Å². The highest BCUT2D eigenvalue weighted by Crippen LogP contribution is 2.42. The van der Waals surface area contributed by atoms with E-state index in [4.69, 9.17) is 14.7 Å². The standard InChI is InChI=1S/C30H35FN6O2S/c1-5-26(38)37-15-14-36(17-20(37)11-12-32)29-28-24(33-30(34-29)39-18-21-8-7-13-35(21)4)16-25(40-28)27-22(19(2)3)9-6-10-23(27)31/h5-6,9-10,16,19-21H,1,7-8,11,13-15,17-18H2,2-4H3/t20?,21-/m0/s1. The number of nitrogens with zero attached hydrogens (tertiary/aromatic N) is 6. The first-order valence-corrected chi connectivity index (χ1v) is 14.6. The maximum absolute atomic E-state index is 15.2. The lowest BCUT2D eigenvalue weighted by Gasteiger charge is -2.40. The molecule has 2 saturated heterocycles. The Labute approximate surface area is 238 Å². The molecule has 210 valence electrons. The highest BCUT2D eigenvalue weighted by Gasteiger charge is 2.32. The first-order valence-electron chi connectivity index (χ1n) is 13.8. The lowest BCUT2D eigenvalue weighted by atomic mass is 9.96. The fourth-order valence-electron chi connectivity index (χ4n) is 5.67. The van der Waals surface area contributed by atoms with Crippen molar-refractivity contribution in [1.82, 2.24) is 19.8 Å². The van der Waals surface area contributed by atoms with Crippen LogP contribution in [0.5, 0.6) is 6.01 Å². The number of benzene rings is 1. The van der Waals surface area contributed by atoms with Crippen LogP contribution in [0, 0.1) is 17.1 Å². The van der Waals surface area contributed by atoms with E-state index in [9.17, 15) is 10.1 Å². The predicted octanol–water partition coefficient (Wildman–Crippen LogP) is 5.21. The van der Waals surface area contributed by atoms with Crippen LogP contribution in [0.3, 0.4) is 0 Å². The van der Waals surface area contributed by atoms with Crippen molar-refractivity contribution in [2.45, 2.75) is 51.1 Å². The van der Waals surface area contributed by atoms with E-state index in [1.807, 2.05) is 12.1 Å². The van der Waals surface area contributed by atoms with Gasteiger partial charge in [0.25, 0.3) is 0 Å². The van der Waals surface area contributed by atoms with Gasteiger partial charge < -0.3 is 19.4 Å². The van der Waals surface area contributed by atoms with Gasteiger partial charge in [-0.05, 0) is 56.1 Å². The number of hydrogen-bond donors (Lipinski definition) is 0. The van der Waals surface area contributed by atoms with Crippen molar-refractivity contribution >= 4 is 33.3 Å². The average Bonchev–Trinajstić information content (AvgIpc) is 3.56. The first-order chi connectivity index (χ1) is 19.3. The molecule has 3 aromatic rings. The number of carbonyl (C=O) groups is 1. The molecule has 1 amide bonds. The minimum Gasteiger partial charge on any atom is -0.462 e. The minimum absolute atomic E-state index is 0.144. The lowest BCUT2D eigenvalue weighted by Crippen LogP contribution is -2.55. The number of likely N-dealkylation sites (N-methyl/N-ethyl adjacent to an activating group) is 1. The van der Waals surface area contributed by atoms with Gasteiger partial charge in [0.1, 0.15) is 12.4 Å². The van der Waals surface area contributed by atoms with Crippen molar-refractivity contribution in [1.29, 1.82) is 5.26 Å². The Morgan fingerprint density at radius 3 is 2.83 bits per heavy atom. The van der Waals surface area contributed by atoms with Crippen LogP contribution in [0.15, 0.2) is 36.9 Å². The van der Waals surface area contributed by atoms with Gasteiger partial charge in [-0.3, -0.25) is 4.79 Å². The third-order valence-electron chi connectivity index (χ3n) is 7.89. The molecule has 2 fully saturated rings. The van der Waals surface area contributed by atoms with Crippen LogP contribution < -0.4 is 9.64 Å². The third-order valence-corrected chi connectivity index (χ3v) is 9.03. The summed E-state index contributed by atoms with van der Waals surface area (Å²) in [5.41, 5.74) is 2.22. The van der Waals surface area contributed by atoms with Crippen LogP contribution in [-0.2, 0) is 4.79 Å². The van der Waals surface area contributed by atoms with Crippen LogP contribution in [0.25, 0.3) is 20.7 Å². The van der Waals surface area contributed by atoms with Crippen LogP contribution in [0.4, 0.5) is 10.2 Å². The number of fused-ring (bicyclic) bond motifs is 1. The summed E-state index contributed by atoms with van der Waals surface area (Å²) in [6.45, 7) is 10.7. The SMILES string of the molecule is C=CC(=O)N1CCN(c2nc(OC[C@@H]3CCCN3C)nc3cc(-c4c(F)cccc4C(C)C)sc23)CC1CC#N. The van der Waals surface area contributed by atoms with Gasteiger partial charge in [-0.25, -0.2) is 4.39 Å². The van der Waals surface area contributed by atoms with Gasteiger partial charge in [-0.15, -0.1) is 11.3 Å². The molecule has 4 heterocycles. The second-order valence-corrected chi connectivity index (χ2v) is 11.9. The van der Waals surface area contributed by atoms with Crippen molar-refractivity contribution < 1.29 is 13.9 Å². The molecule has 5 rings (SSSR count). The maximum atomic E-state index is 15.2. The second kappa shape index (κ2) is 11.9. The van der Waals surface area contributed by atoms with E-state index in [2.05, 4.69) is 43.3 Å². The zero-order chi connectivity index (χ0) is 28.4. The second-order valence-electron chi connectivity index (χ2n) is 10.8. The van der Waals surface area contributed by atoms with Crippen molar-refractivity contribution in [2.75, 3.05) is 44.7 Å². The molecule has 1 aromatic carbocycles. The lowest BCUT2D eigenvalue weighted by molar-refractivity contribution is -0.128. The van der Waals surface area contributed by atoms with Crippen molar-refractivity contribution in [3.8, 4) is 22.5 Å². The number of aromatic nitrogens is 2. The van der Waals surface area contributed by atoms with Crippen LogP contribution in [0.1, 0.15) is 44.6 Å². The predicted molar refractivity (Wildman–Crippen MR) is 156 cm³/mol. The molecule has 10 heteroatoms. The fourth-order valence-corrected chi connectivity index (χ4v) is 6.86. The number of carbonyl (C=O) groups excluding carboxylic acids is 1. The molecule has 0 aliphatic carbocycles. The Kier molecular flexibility index (Phi) is 8.33. The Hall–Kier alpha value is -3.55. The summed E-state index contributed by atoms with van der Waals surface area (Å²) in [6.07, 6.45) is 3.69. The molecular formula is C30H35FN6O2S. The van der Waals surface area contributed by atoms with Gasteiger partial charge in [0.2, 0.25) is 5.91 Å². The monoisotopic (exact) mass is 562 g/mol. The van der Waals surface area contributed by atoms with Crippen LogP contribution >= 0.6 is 11.3 Å². The Morgan fingerprint density at radius 2 is 2.12 bits per heavy atom. The van der Waals surface area contributed by atoms with Crippen molar-refractivity contribution in [3.63, 3.8) is 0 Å². The summed E-state index contributed by atoms with van der Waals surface area (Å²) < 4.78 is 22.2. The molecule has 2 atom stereocenters. The van der Waals surface area contributed by atoms with Gasteiger partial charge in [0.05, 0.1) is 28.7 Å². The van der Waals surface area contributed by atoms with E-state index in [1.165, 1.54) is 23.5 Å². The van der Waals surface area contributed by atoms with Crippen molar-refractivity contribution in [2.24, 2.45) is 0 Å². The summed E-state index contributed by atoms with van der Waals surface area (Å²) in [6, 6.07) is 9.64. The maximum Gasteiger partial charge on any atom is 0.319 e. The number of hydrogen-bond acceptors (Lipinski definition) is 8. The van der Waals surface area contributed by atoms with Crippen molar-refractivity contribution in [3.05, 3.63) is 48.3 Å². The van der Waals surface area contributed by atoms with E-state index in [0.717, 1.165) is 34.5 Å². The zero-order valence-electron chi connectivity index (χ0n) is 23.3. The molecule has 2 aliphatic heterocycles. The molecular weight excluding hydrogens is 527 g/mol. The summed E-state index contributed by atoms with van der Waals surface area (Å²) >= 11 is 1.46. The molecule has 8 nitrogen and oxygen atoms in total. The van der Waals surface area contributed by atoms with Gasteiger partial charge in [-0.1, -0.05) is 32.6 Å². The number of nitriles is 1. The quantitative estimate of drug-likeness (QED) is 0.349. The smallest absolute Gasteiger partial charge is 0.319 e. The minimum atomic E-state index is -0.302. The molecule has 2 aromatic heterocycles. The Bertz CT molecular complexity index is 1450. The number of amides is 1. The molecule has 40 heavy (non-hydrogen) atoms. The average molecular weight is 563 g/mol. The number of piperazine rings is 1. The fraction of sp³-hybridized carbons (Fsp3) is 0.467. The van der Waals surface area contributed by atoms with Gasteiger partial charge in [-0.2, -0.15) is 15.2 Å².